The van der Waals surface area contributed by atoms with E-state index in [2.05, 4.69) is 15.3 Å². The van der Waals surface area contributed by atoms with E-state index in [1.165, 1.54) is 0 Å². The first-order valence-electron chi connectivity index (χ1n) is 11.7. The smallest absolute Gasteiger partial charge is 0.416 e. The highest BCUT2D eigenvalue weighted by Crippen LogP contribution is 2.47. The molecule has 38 heavy (non-hydrogen) atoms. The van der Waals surface area contributed by atoms with Gasteiger partial charge in [-0.3, -0.25) is 0 Å². The molecule has 0 aliphatic rings. The zero-order valence-electron chi connectivity index (χ0n) is 20.2. The highest BCUT2D eigenvalue weighted by atomic mass is 31.2. The van der Waals surface area contributed by atoms with Crippen LogP contribution < -0.4 is 15.9 Å². The van der Waals surface area contributed by atoms with Crippen molar-refractivity contribution in [3.63, 3.8) is 0 Å². The first kappa shape index (κ1) is 25.4. The van der Waals surface area contributed by atoms with Crippen molar-refractivity contribution in [3.05, 3.63) is 127 Å². The molecule has 0 radical (unpaired) electrons. The molecule has 0 atom stereocenters. The summed E-state index contributed by atoms with van der Waals surface area (Å²) in [7, 11) is -2.78. The minimum absolute atomic E-state index is 0.193. The summed E-state index contributed by atoms with van der Waals surface area (Å²) in [6, 6.07) is 35.5. The molecule has 0 aliphatic heterocycles. The third kappa shape index (κ3) is 5.08. The van der Waals surface area contributed by atoms with Gasteiger partial charge < -0.3 is 4.42 Å². The topological polar surface area (TPSA) is 63.1 Å². The van der Waals surface area contributed by atoms with Crippen LogP contribution in [0.15, 0.2) is 135 Å². The Bertz CT molecular complexity index is 1500. The zero-order valence-corrected chi connectivity index (χ0v) is 21.1. The average Bonchev–Trinajstić information content (AvgIpc) is 3.38. The van der Waals surface area contributed by atoms with Crippen molar-refractivity contribution in [3.8, 4) is 11.5 Å². The van der Waals surface area contributed by atoms with Gasteiger partial charge in [0.05, 0.1) is 7.05 Å². The minimum atomic E-state index is -4.79. The van der Waals surface area contributed by atoms with Crippen molar-refractivity contribution in [1.29, 1.82) is 0 Å². The van der Waals surface area contributed by atoms with Gasteiger partial charge in [-0.1, -0.05) is 114 Å². The second-order valence-electron chi connectivity index (χ2n) is 8.46. The Kier molecular flexibility index (Phi) is 7.07. The lowest BCUT2D eigenvalue weighted by Gasteiger charge is -2.24. The molecule has 0 bridgehead atoms. The van der Waals surface area contributed by atoms with Crippen LogP contribution in [0.2, 0.25) is 0 Å². The molecule has 5 nitrogen and oxygen atoms in total. The van der Waals surface area contributed by atoms with E-state index in [0.29, 0.717) is 5.56 Å². The van der Waals surface area contributed by atoms with E-state index >= 15 is 0 Å². The molecule has 0 saturated carbocycles. The van der Waals surface area contributed by atoms with E-state index in [1.807, 2.05) is 97.9 Å². The minimum Gasteiger partial charge on any atom is -0.416 e. The molecule has 0 fully saturated rings. The Labute approximate surface area is 217 Å². The van der Waals surface area contributed by atoms with Crippen LogP contribution >= 0.6 is 7.05 Å². The summed E-state index contributed by atoms with van der Waals surface area (Å²) >= 11 is 0. The predicted molar refractivity (Wildman–Crippen MR) is 144 cm³/mol. The number of aryl methyl sites for hydroxylation is 1. The van der Waals surface area contributed by atoms with Gasteiger partial charge in [-0.25, -0.2) is 4.98 Å². The van der Waals surface area contributed by atoms with Crippen LogP contribution in [0.25, 0.3) is 11.5 Å². The van der Waals surface area contributed by atoms with Crippen LogP contribution in [0.1, 0.15) is 11.3 Å². The van der Waals surface area contributed by atoms with Crippen LogP contribution in [-0.2, 0) is 6.18 Å². The van der Waals surface area contributed by atoms with E-state index < -0.39 is 24.8 Å². The molecule has 0 N–H and O–H groups in total. The molecule has 1 aromatic heterocycles. The van der Waals surface area contributed by atoms with Gasteiger partial charge in [0.1, 0.15) is 0 Å². The highest BCUT2D eigenvalue weighted by molar-refractivity contribution is 7.87. The maximum atomic E-state index is 13.8. The van der Waals surface area contributed by atoms with Gasteiger partial charge in [0.2, 0.25) is 11.6 Å². The van der Waals surface area contributed by atoms with Crippen molar-refractivity contribution >= 4 is 28.9 Å². The second-order valence-corrected chi connectivity index (χ2v) is 11.5. The Morgan fingerprint density at radius 2 is 1.16 bits per heavy atom. The number of aromatic nitrogens is 1. The van der Waals surface area contributed by atoms with Gasteiger partial charge in [0.15, 0.2) is 0 Å². The normalized spacial score (nSPS) is 12.1. The van der Waals surface area contributed by atoms with Crippen LogP contribution in [0, 0.1) is 6.92 Å². The van der Waals surface area contributed by atoms with Gasteiger partial charge in [-0.15, -0.1) is 4.85 Å². The average molecular weight is 530 g/mol. The molecule has 190 valence electrons. The quantitative estimate of drug-likeness (QED) is 0.128. The summed E-state index contributed by atoms with van der Waals surface area (Å²) in [4.78, 5) is 8.39. The predicted octanol–water partition coefficient (Wildman–Crippen LogP) is 7.85. The number of alkyl halides is 3. The Morgan fingerprint density at radius 3 is 1.61 bits per heavy atom. The van der Waals surface area contributed by atoms with Crippen LogP contribution in [0.4, 0.5) is 19.1 Å². The molecule has 0 unspecified atom stereocenters. The van der Waals surface area contributed by atoms with Crippen molar-refractivity contribution in [2.75, 3.05) is 0 Å². The van der Waals surface area contributed by atoms with Crippen LogP contribution in [0.3, 0.4) is 0 Å². The van der Waals surface area contributed by atoms with Crippen molar-refractivity contribution < 1.29 is 17.6 Å². The first-order valence-corrected chi connectivity index (χ1v) is 13.5. The number of halogens is 3. The van der Waals surface area contributed by atoms with Crippen LogP contribution in [-0.4, -0.2) is 4.98 Å². The van der Waals surface area contributed by atoms with Crippen molar-refractivity contribution in [1.82, 2.24) is 4.98 Å². The number of benzene rings is 4. The fourth-order valence-electron chi connectivity index (χ4n) is 4.04. The summed E-state index contributed by atoms with van der Waals surface area (Å²) in [5.74, 6) is -0.939. The lowest BCUT2D eigenvalue weighted by atomic mass is 10.1. The Morgan fingerprint density at radius 1 is 0.684 bits per heavy atom. The van der Waals surface area contributed by atoms with E-state index in [-0.39, 0.29) is 5.89 Å². The number of hydrogen-bond donors (Lipinski definition) is 0. The van der Waals surface area contributed by atoms with Crippen molar-refractivity contribution in [2.24, 2.45) is 15.2 Å². The zero-order chi connectivity index (χ0) is 26.6. The standard InChI is InChI=1S/C29H22F3N4OP/c1-21-17-19-22(20-18-21)27-33-26(29(30,31)32)28(37-27)34-35-36-38(23-11-5-2-6-12-23,24-13-7-3-8-14-24)25-15-9-4-10-16-25/h2-20H,1H3/b35-34+. The van der Waals surface area contributed by atoms with Crippen LogP contribution in [0.5, 0.6) is 0 Å². The maximum Gasteiger partial charge on any atom is 0.438 e. The largest absolute Gasteiger partial charge is 0.438 e. The fourth-order valence-corrected chi connectivity index (χ4v) is 7.21. The fraction of sp³-hybridized carbons (Fsp3) is 0.0690. The van der Waals surface area contributed by atoms with E-state index in [4.69, 9.17) is 9.27 Å². The molecular formula is C29H22F3N4OP. The third-order valence-corrected chi connectivity index (χ3v) is 9.36. The molecular weight excluding hydrogens is 508 g/mol. The number of hydrogen-bond acceptors (Lipinski definition) is 3. The Balaban J connectivity index is 1.70. The van der Waals surface area contributed by atoms with E-state index in [1.54, 1.807) is 24.3 Å². The number of rotatable bonds is 6. The Hall–Kier alpha value is -4.29. The molecule has 0 spiro atoms. The van der Waals surface area contributed by atoms with E-state index in [9.17, 15) is 13.2 Å². The summed E-state index contributed by atoms with van der Waals surface area (Å²) in [6.45, 7) is 1.88. The summed E-state index contributed by atoms with van der Waals surface area (Å²) in [5.41, 5.74) is 0.104. The molecule has 4 aromatic carbocycles. The third-order valence-electron chi connectivity index (χ3n) is 5.88. The van der Waals surface area contributed by atoms with Gasteiger partial charge in [0.25, 0.3) is 5.88 Å². The van der Waals surface area contributed by atoms with Gasteiger partial charge >= 0.3 is 6.18 Å². The molecule has 0 aliphatic carbocycles. The summed E-state index contributed by atoms with van der Waals surface area (Å²) < 4.78 is 47.0. The SMILES string of the molecule is Cc1ccc(-c2nc(C(F)(F)F)c(/N=N/N=P(c3ccccc3)(c3ccccc3)c3ccccc3)o2)cc1. The monoisotopic (exact) mass is 530 g/mol. The molecule has 9 heteroatoms. The van der Waals surface area contributed by atoms with Gasteiger partial charge in [-0.05, 0) is 24.3 Å². The summed E-state index contributed by atoms with van der Waals surface area (Å²) in [5, 5.41) is 10.5. The van der Waals surface area contributed by atoms with E-state index in [0.717, 1.165) is 21.5 Å². The maximum absolute atomic E-state index is 13.8. The number of nitrogens with zero attached hydrogens (tertiary/aromatic N) is 4. The molecule has 5 aromatic rings. The molecule has 0 saturated heterocycles. The molecule has 0 amide bonds. The number of oxazole rings is 1. The van der Waals surface area contributed by atoms with Gasteiger partial charge in [0, 0.05) is 21.5 Å². The van der Waals surface area contributed by atoms with Crippen molar-refractivity contribution in [2.45, 2.75) is 13.1 Å². The molecule has 5 rings (SSSR count). The lowest BCUT2D eigenvalue weighted by molar-refractivity contribution is -0.140. The highest BCUT2D eigenvalue weighted by Gasteiger charge is 2.39. The first-order chi connectivity index (χ1) is 18.4. The second kappa shape index (κ2) is 10.6. The lowest BCUT2D eigenvalue weighted by Crippen LogP contribution is -2.25. The summed E-state index contributed by atoms with van der Waals surface area (Å²) in [6.07, 6.45) is -4.79. The van der Waals surface area contributed by atoms with Gasteiger partial charge in [-0.2, -0.15) is 13.2 Å². The molecule has 1 heterocycles.